The summed E-state index contributed by atoms with van der Waals surface area (Å²) in [6.45, 7) is 9.97. The number of urea groups is 1. The third kappa shape index (κ3) is 3.62. The van der Waals surface area contributed by atoms with Crippen LogP contribution < -0.4 is 0 Å². The third-order valence-corrected chi connectivity index (χ3v) is 3.69. The zero-order chi connectivity index (χ0) is 13.9. The van der Waals surface area contributed by atoms with Gasteiger partial charge in [0, 0.05) is 25.7 Å². The van der Waals surface area contributed by atoms with Crippen LogP contribution in [0, 0.1) is 11.8 Å². The van der Waals surface area contributed by atoms with Gasteiger partial charge in [-0.2, -0.15) is 0 Å². The van der Waals surface area contributed by atoms with Crippen LogP contribution in [-0.2, 0) is 4.79 Å². The SMILES string of the molecule is CC1CN(C(=O)N(CCC(=O)O)C(C)C)CC1C. The molecular weight excluding hydrogens is 232 g/mol. The number of carboxylic acids is 1. The molecule has 18 heavy (non-hydrogen) atoms. The number of nitrogens with zero attached hydrogens (tertiary/aromatic N) is 2. The van der Waals surface area contributed by atoms with Crippen molar-refractivity contribution in [2.24, 2.45) is 11.8 Å². The number of carbonyl (C=O) groups excluding carboxylic acids is 1. The quantitative estimate of drug-likeness (QED) is 0.835. The molecule has 0 radical (unpaired) electrons. The van der Waals surface area contributed by atoms with Crippen LogP contribution in [0.1, 0.15) is 34.1 Å². The van der Waals surface area contributed by atoms with Crippen molar-refractivity contribution in [1.29, 1.82) is 0 Å². The second-order valence-electron chi connectivity index (χ2n) is 5.57. The molecule has 5 nitrogen and oxygen atoms in total. The lowest BCUT2D eigenvalue weighted by Crippen LogP contribution is -2.46. The molecule has 0 aromatic heterocycles. The Morgan fingerprint density at radius 2 is 1.78 bits per heavy atom. The molecule has 2 unspecified atom stereocenters. The average Bonchev–Trinajstić information content (AvgIpc) is 2.58. The number of hydrogen-bond acceptors (Lipinski definition) is 2. The minimum atomic E-state index is -0.864. The maximum absolute atomic E-state index is 12.3. The Kier molecular flexibility index (Phi) is 4.99. The van der Waals surface area contributed by atoms with Gasteiger partial charge in [0.25, 0.3) is 0 Å². The number of carbonyl (C=O) groups is 2. The molecule has 0 aliphatic carbocycles. The van der Waals surface area contributed by atoms with Crippen molar-refractivity contribution in [2.45, 2.75) is 40.2 Å². The fraction of sp³-hybridized carbons (Fsp3) is 0.846. The van der Waals surface area contributed by atoms with Gasteiger partial charge in [-0.3, -0.25) is 4.79 Å². The van der Waals surface area contributed by atoms with Crippen LogP contribution in [0.15, 0.2) is 0 Å². The molecule has 0 bridgehead atoms. The molecule has 1 rings (SSSR count). The molecular formula is C13H24N2O3. The van der Waals surface area contributed by atoms with E-state index in [4.69, 9.17) is 5.11 Å². The van der Waals surface area contributed by atoms with Crippen molar-refractivity contribution in [3.05, 3.63) is 0 Å². The summed E-state index contributed by atoms with van der Waals surface area (Å²) in [4.78, 5) is 26.5. The summed E-state index contributed by atoms with van der Waals surface area (Å²) in [7, 11) is 0. The molecule has 0 spiro atoms. The molecule has 1 aliphatic heterocycles. The van der Waals surface area contributed by atoms with Crippen LogP contribution in [0.4, 0.5) is 4.79 Å². The molecule has 104 valence electrons. The molecule has 1 N–H and O–H groups in total. The predicted molar refractivity (Wildman–Crippen MR) is 69.4 cm³/mol. The van der Waals surface area contributed by atoms with Crippen molar-refractivity contribution in [2.75, 3.05) is 19.6 Å². The average molecular weight is 256 g/mol. The number of rotatable bonds is 4. The molecule has 0 aromatic rings. The van der Waals surface area contributed by atoms with Gasteiger partial charge in [0.2, 0.25) is 0 Å². The van der Waals surface area contributed by atoms with E-state index in [0.29, 0.717) is 11.8 Å². The summed E-state index contributed by atoms with van der Waals surface area (Å²) < 4.78 is 0. The van der Waals surface area contributed by atoms with Crippen molar-refractivity contribution in [3.63, 3.8) is 0 Å². The van der Waals surface area contributed by atoms with Crippen molar-refractivity contribution in [3.8, 4) is 0 Å². The van der Waals surface area contributed by atoms with E-state index in [1.807, 2.05) is 18.7 Å². The lowest BCUT2D eigenvalue weighted by molar-refractivity contribution is -0.137. The van der Waals surface area contributed by atoms with Gasteiger partial charge in [0.1, 0.15) is 0 Å². The van der Waals surface area contributed by atoms with Crippen molar-refractivity contribution in [1.82, 2.24) is 9.80 Å². The van der Waals surface area contributed by atoms with E-state index in [2.05, 4.69) is 13.8 Å². The van der Waals surface area contributed by atoms with Crippen LogP contribution in [-0.4, -0.2) is 52.6 Å². The first-order chi connectivity index (χ1) is 8.32. The number of carboxylic acid groups (broad SMARTS) is 1. The Morgan fingerprint density at radius 3 is 2.17 bits per heavy atom. The summed E-state index contributed by atoms with van der Waals surface area (Å²) in [5.74, 6) is 0.168. The van der Waals surface area contributed by atoms with Gasteiger partial charge in [-0.05, 0) is 25.7 Å². The summed E-state index contributed by atoms with van der Waals surface area (Å²) >= 11 is 0. The van der Waals surface area contributed by atoms with Crippen LogP contribution in [0.3, 0.4) is 0 Å². The lowest BCUT2D eigenvalue weighted by atomic mass is 10.0. The van der Waals surface area contributed by atoms with E-state index < -0.39 is 5.97 Å². The highest BCUT2D eigenvalue weighted by atomic mass is 16.4. The molecule has 0 saturated carbocycles. The Balaban J connectivity index is 2.62. The van der Waals surface area contributed by atoms with Gasteiger partial charge in [0.05, 0.1) is 6.42 Å². The standard InChI is InChI=1S/C13H24N2O3/c1-9(2)15(6-5-12(16)17)13(18)14-7-10(3)11(4)8-14/h9-11H,5-8H2,1-4H3,(H,16,17). The molecule has 2 atom stereocenters. The fourth-order valence-electron chi connectivity index (χ4n) is 2.26. The maximum Gasteiger partial charge on any atom is 0.320 e. The first-order valence-corrected chi connectivity index (χ1v) is 6.60. The second kappa shape index (κ2) is 6.07. The topological polar surface area (TPSA) is 60.9 Å². The molecule has 1 fully saturated rings. The number of likely N-dealkylation sites (tertiary alicyclic amines) is 1. The summed E-state index contributed by atoms with van der Waals surface area (Å²) in [6, 6.07) is 0.00510. The Morgan fingerprint density at radius 1 is 1.28 bits per heavy atom. The van der Waals surface area contributed by atoms with E-state index >= 15 is 0 Å². The Bertz CT molecular complexity index is 307. The van der Waals surface area contributed by atoms with E-state index in [-0.39, 0.29) is 25.0 Å². The first-order valence-electron chi connectivity index (χ1n) is 6.60. The van der Waals surface area contributed by atoms with Crippen molar-refractivity contribution < 1.29 is 14.7 Å². The van der Waals surface area contributed by atoms with Gasteiger partial charge in [0.15, 0.2) is 0 Å². The zero-order valence-electron chi connectivity index (χ0n) is 11.7. The number of amides is 2. The van der Waals surface area contributed by atoms with Gasteiger partial charge >= 0.3 is 12.0 Å². The fourth-order valence-corrected chi connectivity index (χ4v) is 2.26. The van der Waals surface area contributed by atoms with Gasteiger partial charge < -0.3 is 14.9 Å². The monoisotopic (exact) mass is 256 g/mol. The van der Waals surface area contributed by atoms with Gasteiger partial charge in [-0.15, -0.1) is 0 Å². The van der Waals surface area contributed by atoms with Crippen LogP contribution in [0.25, 0.3) is 0 Å². The largest absolute Gasteiger partial charge is 0.481 e. The van der Waals surface area contributed by atoms with Crippen molar-refractivity contribution >= 4 is 12.0 Å². The molecule has 0 aromatic carbocycles. The molecule has 1 aliphatic rings. The summed E-state index contributed by atoms with van der Waals surface area (Å²) in [5.41, 5.74) is 0. The summed E-state index contributed by atoms with van der Waals surface area (Å²) in [5, 5.41) is 8.72. The molecule has 2 amide bonds. The molecule has 1 saturated heterocycles. The zero-order valence-corrected chi connectivity index (χ0v) is 11.7. The van der Waals surface area contributed by atoms with E-state index in [1.165, 1.54) is 0 Å². The normalized spacial score (nSPS) is 23.5. The smallest absolute Gasteiger partial charge is 0.320 e. The first kappa shape index (κ1) is 14.8. The van der Waals surface area contributed by atoms with Crippen LogP contribution in [0.5, 0.6) is 0 Å². The predicted octanol–water partition coefficient (Wildman–Crippen LogP) is 1.88. The van der Waals surface area contributed by atoms with Gasteiger partial charge in [-0.25, -0.2) is 4.79 Å². The Labute approximate surface area is 109 Å². The maximum atomic E-state index is 12.3. The highest BCUT2D eigenvalue weighted by Crippen LogP contribution is 2.23. The van der Waals surface area contributed by atoms with E-state index in [1.54, 1.807) is 4.90 Å². The second-order valence-corrected chi connectivity index (χ2v) is 5.57. The summed E-state index contributed by atoms with van der Waals surface area (Å²) in [6.07, 6.45) is 0.00284. The number of hydrogen-bond donors (Lipinski definition) is 1. The molecule has 5 heteroatoms. The van der Waals surface area contributed by atoms with Crippen LogP contribution in [0.2, 0.25) is 0 Å². The van der Waals surface area contributed by atoms with E-state index in [9.17, 15) is 9.59 Å². The third-order valence-electron chi connectivity index (χ3n) is 3.69. The minimum Gasteiger partial charge on any atom is -0.481 e. The lowest BCUT2D eigenvalue weighted by Gasteiger charge is -2.31. The minimum absolute atomic E-state index is 0.00284. The van der Waals surface area contributed by atoms with Crippen LogP contribution >= 0.6 is 0 Å². The van der Waals surface area contributed by atoms with E-state index in [0.717, 1.165) is 13.1 Å². The Hall–Kier alpha value is -1.26. The van der Waals surface area contributed by atoms with Gasteiger partial charge in [-0.1, -0.05) is 13.8 Å². The number of aliphatic carboxylic acids is 1. The molecule has 1 heterocycles. The highest BCUT2D eigenvalue weighted by molar-refractivity contribution is 5.76. The highest BCUT2D eigenvalue weighted by Gasteiger charge is 2.32.